The maximum absolute atomic E-state index is 10.3. The Balaban J connectivity index is 2.89. The first kappa shape index (κ1) is 10.3. The molecular weight excluding hydrogens is 184 g/mol. The first-order valence-corrected chi connectivity index (χ1v) is 4.72. The topological polar surface area (TPSA) is 17.1 Å². The van der Waals surface area contributed by atoms with Crippen molar-refractivity contribution < 1.29 is 4.79 Å². The van der Waals surface area contributed by atoms with Crippen molar-refractivity contribution in [2.24, 2.45) is 0 Å². The summed E-state index contributed by atoms with van der Waals surface area (Å²) in [7, 11) is 0. The highest BCUT2D eigenvalue weighted by atomic mass is 35.5. The van der Waals surface area contributed by atoms with Gasteiger partial charge in [-0.05, 0) is 30.0 Å². The van der Waals surface area contributed by atoms with Crippen LogP contribution < -0.4 is 0 Å². The molecule has 0 aromatic heterocycles. The molecule has 0 saturated heterocycles. The normalized spacial score (nSPS) is 12.5. The van der Waals surface area contributed by atoms with Crippen LogP contribution in [0.3, 0.4) is 0 Å². The standard InChI is InChI=1S/C11H13ClO/c1-8(5-6-13)10-3-4-11(12)9(2)7-10/h3-4,6-8H,5H2,1-2H3. The maximum atomic E-state index is 10.3. The molecule has 1 aromatic carbocycles. The molecule has 0 N–H and O–H groups in total. The van der Waals surface area contributed by atoms with Gasteiger partial charge in [0, 0.05) is 11.4 Å². The molecule has 0 spiro atoms. The third-order valence-electron chi connectivity index (χ3n) is 2.20. The predicted molar refractivity (Wildman–Crippen MR) is 55.3 cm³/mol. The van der Waals surface area contributed by atoms with Crippen molar-refractivity contribution in [3.05, 3.63) is 34.3 Å². The van der Waals surface area contributed by atoms with Gasteiger partial charge in [0.15, 0.2) is 0 Å². The van der Waals surface area contributed by atoms with E-state index in [4.69, 9.17) is 11.6 Å². The Bertz CT molecular complexity index is 307. The lowest BCUT2D eigenvalue weighted by atomic mass is 9.97. The number of aryl methyl sites for hydroxylation is 1. The Labute approximate surface area is 83.7 Å². The van der Waals surface area contributed by atoms with Crippen LogP contribution in [0.15, 0.2) is 18.2 Å². The van der Waals surface area contributed by atoms with E-state index in [1.807, 2.05) is 32.0 Å². The molecule has 1 aromatic rings. The van der Waals surface area contributed by atoms with Gasteiger partial charge in [-0.15, -0.1) is 0 Å². The highest BCUT2D eigenvalue weighted by molar-refractivity contribution is 6.31. The molecule has 1 nitrogen and oxygen atoms in total. The van der Waals surface area contributed by atoms with E-state index in [2.05, 4.69) is 0 Å². The lowest BCUT2D eigenvalue weighted by Crippen LogP contribution is -1.94. The van der Waals surface area contributed by atoms with Crippen molar-refractivity contribution in [3.63, 3.8) is 0 Å². The van der Waals surface area contributed by atoms with Crippen molar-refractivity contribution in [3.8, 4) is 0 Å². The number of aldehydes is 1. The summed E-state index contributed by atoms with van der Waals surface area (Å²) in [5.41, 5.74) is 2.24. The minimum absolute atomic E-state index is 0.286. The molecule has 0 aliphatic carbocycles. The molecule has 0 bridgehead atoms. The fraction of sp³-hybridized carbons (Fsp3) is 0.364. The van der Waals surface area contributed by atoms with Crippen molar-refractivity contribution >= 4 is 17.9 Å². The average molecular weight is 197 g/mol. The van der Waals surface area contributed by atoms with Crippen LogP contribution in [0.2, 0.25) is 5.02 Å². The molecule has 1 unspecified atom stereocenters. The Hall–Kier alpha value is -0.820. The van der Waals surface area contributed by atoms with E-state index in [1.54, 1.807) is 0 Å². The SMILES string of the molecule is Cc1cc(C(C)CC=O)ccc1Cl. The second kappa shape index (κ2) is 4.43. The number of carbonyl (C=O) groups excluding carboxylic acids is 1. The van der Waals surface area contributed by atoms with Crippen molar-refractivity contribution in [2.75, 3.05) is 0 Å². The molecule has 0 aliphatic heterocycles. The fourth-order valence-electron chi connectivity index (χ4n) is 1.25. The first-order valence-electron chi connectivity index (χ1n) is 4.35. The average Bonchev–Trinajstić information content (AvgIpc) is 2.10. The van der Waals surface area contributed by atoms with Gasteiger partial charge >= 0.3 is 0 Å². The summed E-state index contributed by atoms with van der Waals surface area (Å²) in [6, 6.07) is 5.90. The van der Waals surface area contributed by atoms with E-state index in [-0.39, 0.29) is 5.92 Å². The van der Waals surface area contributed by atoms with Gasteiger partial charge in [0.2, 0.25) is 0 Å². The minimum atomic E-state index is 0.286. The zero-order chi connectivity index (χ0) is 9.84. The van der Waals surface area contributed by atoms with E-state index in [9.17, 15) is 4.79 Å². The first-order chi connectivity index (χ1) is 6.15. The minimum Gasteiger partial charge on any atom is -0.303 e. The summed E-state index contributed by atoms with van der Waals surface area (Å²) in [5.74, 6) is 0.286. The van der Waals surface area contributed by atoms with E-state index >= 15 is 0 Å². The molecular formula is C11H13ClO. The van der Waals surface area contributed by atoms with Crippen molar-refractivity contribution in [2.45, 2.75) is 26.2 Å². The Morgan fingerprint density at radius 1 is 1.54 bits per heavy atom. The van der Waals surface area contributed by atoms with Crippen LogP contribution >= 0.6 is 11.6 Å². The van der Waals surface area contributed by atoms with Crippen LogP contribution in [0.5, 0.6) is 0 Å². The Morgan fingerprint density at radius 2 is 2.23 bits per heavy atom. The molecule has 13 heavy (non-hydrogen) atoms. The summed E-state index contributed by atoms with van der Waals surface area (Å²) in [4.78, 5) is 10.3. The summed E-state index contributed by atoms with van der Waals surface area (Å²) in [5, 5.41) is 0.780. The molecule has 0 saturated carbocycles. The number of hydrogen-bond donors (Lipinski definition) is 0. The quantitative estimate of drug-likeness (QED) is 0.678. The van der Waals surface area contributed by atoms with Gasteiger partial charge in [-0.3, -0.25) is 0 Å². The van der Waals surface area contributed by atoms with E-state index in [0.29, 0.717) is 6.42 Å². The summed E-state index contributed by atoms with van der Waals surface area (Å²) in [6.07, 6.45) is 1.52. The summed E-state index contributed by atoms with van der Waals surface area (Å²) >= 11 is 5.89. The van der Waals surface area contributed by atoms with Crippen LogP contribution in [-0.4, -0.2) is 6.29 Å². The second-order valence-corrected chi connectivity index (χ2v) is 3.72. The van der Waals surface area contributed by atoms with Gasteiger partial charge in [-0.25, -0.2) is 0 Å². The lowest BCUT2D eigenvalue weighted by Gasteiger charge is -2.09. The molecule has 2 heteroatoms. The predicted octanol–water partition coefficient (Wildman–Crippen LogP) is 3.34. The number of carbonyl (C=O) groups is 1. The second-order valence-electron chi connectivity index (χ2n) is 3.31. The van der Waals surface area contributed by atoms with Gasteiger partial charge < -0.3 is 4.79 Å². The lowest BCUT2D eigenvalue weighted by molar-refractivity contribution is -0.108. The number of rotatable bonds is 3. The number of hydrogen-bond acceptors (Lipinski definition) is 1. The zero-order valence-corrected chi connectivity index (χ0v) is 8.64. The van der Waals surface area contributed by atoms with Crippen LogP contribution in [0.25, 0.3) is 0 Å². The molecule has 1 atom stereocenters. The smallest absolute Gasteiger partial charge is 0.120 e. The van der Waals surface area contributed by atoms with E-state index < -0.39 is 0 Å². The monoisotopic (exact) mass is 196 g/mol. The van der Waals surface area contributed by atoms with Crippen molar-refractivity contribution in [1.29, 1.82) is 0 Å². The Morgan fingerprint density at radius 3 is 2.77 bits per heavy atom. The van der Waals surface area contributed by atoms with E-state index in [0.717, 1.165) is 16.9 Å². The fourth-order valence-corrected chi connectivity index (χ4v) is 1.37. The van der Waals surface area contributed by atoms with Gasteiger partial charge in [0.25, 0.3) is 0 Å². The molecule has 1 rings (SSSR count). The number of halogens is 1. The highest BCUT2D eigenvalue weighted by Gasteiger charge is 2.05. The molecule has 0 aliphatic rings. The van der Waals surface area contributed by atoms with Crippen LogP contribution in [0.4, 0.5) is 0 Å². The molecule has 70 valence electrons. The maximum Gasteiger partial charge on any atom is 0.120 e. The summed E-state index contributed by atoms with van der Waals surface area (Å²) < 4.78 is 0. The van der Waals surface area contributed by atoms with Gasteiger partial charge in [-0.1, -0.05) is 30.7 Å². The van der Waals surface area contributed by atoms with Crippen LogP contribution in [-0.2, 0) is 4.79 Å². The third kappa shape index (κ3) is 2.56. The molecule has 0 amide bonds. The largest absolute Gasteiger partial charge is 0.303 e. The van der Waals surface area contributed by atoms with Crippen LogP contribution in [0, 0.1) is 6.92 Å². The highest BCUT2D eigenvalue weighted by Crippen LogP contribution is 2.23. The number of benzene rings is 1. The van der Waals surface area contributed by atoms with Gasteiger partial charge in [0.1, 0.15) is 6.29 Å². The zero-order valence-electron chi connectivity index (χ0n) is 7.88. The van der Waals surface area contributed by atoms with Crippen molar-refractivity contribution in [1.82, 2.24) is 0 Å². The summed E-state index contributed by atoms with van der Waals surface area (Å²) in [6.45, 7) is 4.01. The third-order valence-corrected chi connectivity index (χ3v) is 2.62. The molecule has 0 heterocycles. The Kier molecular flexibility index (Phi) is 3.49. The molecule has 0 fully saturated rings. The van der Waals surface area contributed by atoms with Gasteiger partial charge in [-0.2, -0.15) is 0 Å². The van der Waals surface area contributed by atoms with E-state index in [1.165, 1.54) is 5.56 Å². The molecule has 0 radical (unpaired) electrons. The van der Waals surface area contributed by atoms with Gasteiger partial charge in [0.05, 0.1) is 0 Å². The van der Waals surface area contributed by atoms with Crippen LogP contribution in [0.1, 0.15) is 30.4 Å².